The van der Waals surface area contributed by atoms with Crippen LogP contribution in [-0.2, 0) is 22.4 Å². The van der Waals surface area contributed by atoms with Gasteiger partial charge in [0.05, 0.1) is 17.2 Å². The number of hydrogen-bond acceptors (Lipinski definition) is 7. The molecule has 0 aliphatic heterocycles. The van der Waals surface area contributed by atoms with Gasteiger partial charge < -0.3 is 19.0 Å². The fourth-order valence-electron chi connectivity index (χ4n) is 3.69. The maximum atomic E-state index is 13.4. The highest BCUT2D eigenvalue weighted by Gasteiger charge is 2.41. The highest BCUT2D eigenvalue weighted by atomic mass is 32.1. The van der Waals surface area contributed by atoms with Gasteiger partial charge in [-0.05, 0) is 54.6 Å². The van der Waals surface area contributed by atoms with Crippen molar-refractivity contribution in [1.29, 1.82) is 0 Å². The summed E-state index contributed by atoms with van der Waals surface area (Å²) in [6.07, 6.45) is 1.16. The molecule has 0 aliphatic rings. The van der Waals surface area contributed by atoms with Crippen molar-refractivity contribution in [3.05, 3.63) is 89.1 Å². The number of ether oxygens (including phenoxy) is 2. The van der Waals surface area contributed by atoms with Crippen LogP contribution in [-0.4, -0.2) is 28.3 Å². The highest BCUT2D eigenvalue weighted by molar-refractivity contribution is 7.13. The van der Waals surface area contributed by atoms with E-state index in [4.69, 9.17) is 13.9 Å². The summed E-state index contributed by atoms with van der Waals surface area (Å²) in [5, 5.41) is 11.6. The lowest BCUT2D eigenvalue weighted by Crippen LogP contribution is -2.47. The molecule has 2 heterocycles. The van der Waals surface area contributed by atoms with E-state index in [9.17, 15) is 9.90 Å². The maximum Gasteiger partial charge on any atom is 0.350 e. The molecule has 6 nitrogen and oxygen atoms in total. The second-order valence-electron chi connectivity index (χ2n) is 7.99. The van der Waals surface area contributed by atoms with E-state index < -0.39 is 11.6 Å². The number of oxazole rings is 1. The predicted molar refractivity (Wildman–Crippen MR) is 131 cm³/mol. The van der Waals surface area contributed by atoms with Gasteiger partial charge >= 0.3 is 5.97 Å². The van der Waals surface area contributed by atoms with Crippen molar-refractivity contribution in [1.82, 2.24) is 4.98 Å². The summed E-state index contributed by atoms with van der Waals surface area (Å²) in [5.74, 6) is 1.61. The van der Waals surface area contributed by atoms with E-state index >= 15 is 0 Å². The number of hydrogen-bond donors (Lipinski definition) is 1. The Labute approximate surface area is 202 Å². The van der Waals surface area contributed by atoms with Gasteiger partial charge in [-0.15, -0.1) is 11.3 Å². The number of nitrogens with zero attached hydrogens (tertiary/aromatic N) is 1. The largest absolute Gasteiger partial charge is 0.508 e. The molecule has 2 aromatic heterocycles. The van der Waals surface area contributed by atoms with Crippen LogP contribution in [0.25, 0.3) is 10.8 Å². The summed E-state index contributed by atoms with van der Waals surface area (Å²) >= 11 is 1.56. The molecule has 7 heteroatoms. The number of aromatic nitrogens is 1. The molecule has 0 saturated carbocycles. The smallest absolute Gasteiger partial charge is 0.350 e. The average molecular weight is 478 g/mol. The quantitative estimate of drug-likeness (QED) is 0.283. The molecule has 0 bridgehead atoms. The third kappa shape index (κ3) is 5.48. The molecule has 4 aromatic rings. The lowest BCUT2D eigenvalue weighted by Gasteiger charge is -2.31. The zero-order valence-electron chi connectivity index (χ0n) is 19.2. The molecule has 1 N–H and O–H groups in total. The Morgan fingerprint density at radius 3 is 2.53 bits per heavy atom. The standard InChI is InChI=1S/C27H27NO5S/c1-3-27(33-22-8-5-4-6-9-22,18-20-11-13-21(29)14-12-20)26(30)31-16-15-23-19(2)32-25(28-23)24-10-7-17-34-24/h4-14,17,29H,3,15-16,18H2,1-2H3. The molecule has 1 atom stereocenters. The van der Waals surface area contributed by atoms with Gasteiger partial charge in [-0.2, -0.15) is 0 Å². The number of aryl methyl sites for hydroxylation is 1. The van der Waals surface area contributed by atoms with Crippen molar-refractivity contribution in [2.75, 3.05) is 6.61 Å². The minimum Gasteiger partial charge on any atom is -0.508 e. The lowest BCUT2D eigenvalue weighted by molar-refractivity contribution is -0.162. The molecular formula is C27H27NO5S. The monoisotopic (exact) mass is 477 g/mol. The van der Waals surface area contributed by atoms with Crippen molar-refractivity contribution in [3.8, 4) is 22.3 Å². The third-order valence-electron chi connectivity index (χ3n) is 5.62. The van der Waals surface area contributed by atoms with Crippen LogP contribution >= 0.6 is 11.3 Å². The first-order valence-electron chi connectivity index (χ1n) is 11.2. The Morgan fingerprint density at radius 1 is 1.09 bits per heavy atom. The summed E-state index contributed by atoms with van der Waals surface area (Å²) in [5.41, 5.74) is 0.417. The van der Waals surface area contributed by atoms with Gasteiger partial charge in [0.1, 0.15) is 17.3 Å². The van der Waals surface area contributed by atoms with Crippen LogP contribution in [0.1, 0.15) is 30.4 Å². The Morgan fingerprint density at radius 2 is 1.85 bits per heavy atom. The van der Waals surface area contributed by atoms with E-state index in [0.29, 0.717) is 36.7 Å². The maximum absolute atomic E-state index is 13.4. The van der Waals surface area contributed by atoms with Gasteiger partial charge in [-0.3, -0.25) is 0 Å². The number of phenolic OH excluding ortho intramolecular Hbond substituents is 1. The van der Waals surface area contributed by atoms with Gasteiger partial charge in [0, 0.05) is 12.8 Å². The minimum absolute atomic E-state index is 0.158. The summed E-state index contributed by atoms with van der Waals surface area (Å²) in [6.45, 7) is 3.92. The second-order valence-corrected chi connectivity index (χ2v) is 8.94. The molecule has 0 fully saturated rings. The van der Waals surface area contributed by atoms with Crippen LogP contribution in [0, 0.1) is 6.92 Å². The van der Waals surface area contributed by atoms with E-state index in [1.54, 1.807) is 35.6 Å². The summed E-state index contributed by atoms with van der Waals surface area (Å²) in [6, 6.07) is 19.9. The molecule has 0 radical (unpaired) electrons. The van der Waals surface area contributed by atoms with E-state index in [1.807, 2.05) is 61.7 Å². The van der Waals surface area contributed by atoms with Crippen LogP contribution in [0.2, 0.25) is 0 Å². The number of esters is 1. The molecule has 0 amide bonds. The Bertz CT molecular complexity index is 1200. The van der Waals surface area contributed by atoms with Crippen LogP contribution in [0.5, 0.6) is 11.5 Å². The number of carbonyl (C=O) groups excluding carboxylic acids is 1. The fraction of sp³-hybridized carbons (Fsp3) is 0.259. The first-order chi connectivity index (χ1) is 16.5. The highest BCUT2D eigenvalue weighted by Crippen LogP contribution is 2.29. The number of rotatable bonds is 10. The van der Waals surface area contributed by atoms with Crippen LogP contribution < -0.4 is 4.74 Å². The van der Waals surface area contributed by atoms with Crippen molar-refractivity contribution in [3.63, 3.8) is 0 Å². The molecule has 176 valence electrons. The van der Waals surface area contributed by atoms with Crippen molar-refractivity contribution < 1.29 is 23.8 Å². The van der Waals surface area contributed by atoms with E-state index in [-0.39, 0.29) is 12.4 Å². The van der Waals surface area contributed by atoms with Crippen LogP contribution in [0.3, 0.4) is 0 Å². The number of phenols is 1. The molecule has 2 aromatic carbocycles. The summed E-state index contributed by atoms with van der Waals surface area (Å²) < 4.78 is 17.8. The minimum atomic E-state index is -1.21. The van der Waals surface area contributed by atoms with Gasteiger partial charge in [-0.1, -0.05) is 43.3 Å². The molecule has 1 unspecified atom stereocenters. The SMILES string of the molecule is CCC(Cc1ccc(O)cc1)(Oc1ccccc1)C(=O)OCCc1nc(-c2cccs2)oc1C. The van der Waals surface area contributed by atoms with Crippen LogP contribution in [0.15, 0.2) is 76.5 Å². The van der Waals surface area contributed by atoms with Crippen LogP contribution in [0.4, 0.5) is 0 Å². The zero-order chi connectivity index (χ0) is 24.0. The normalized spacial score (nSPS) is 12.8. The Kier molecular flexibility index (Phi) is 7.33. The van der Waals surface area contributed by atoms with E-state index in [1.165, 1.54) is 0 Å². The average Bonchev–Trinajstić information content (AvgIpc) is 3.51. The number of aromatic hydroxyl groups is 1. The fourth-order valence-corrected chi connectivity index (χ4v) is 4.34. The molecule has 0 aliphatic carbocycles. The van der Waals surface area contributed by atoms with E-state index in [2.05, 4.69) is 4.98 Å². The number of thiophene rings is 1. The summed E-state index contributed by atoms with van der Waals surface area (Å²) in [7, 11) is 0. The molecule has 0 spiro atoms. The summed E-state index contributed by atoms with van der Waals surface area (Å²) in [4.78, 5) is 18.9. The van der Waals surface area contributed by atoms with Crippen molar-refractivity contribution in [2.24, 2.45) is 0 Å². The lowest BCUT2D eigenvalue weighted by atomic mass is 9.91. The molecule has 34 heavy (non-hydrogen) atoms. The third-order valence-corrected chi connectivity index (χ3v) is 6.48. The Hall–Kier alpha value is -3.58. The number of benzene rings is 2. The van der Waals surface area contributed by atoms with Gasteiger partial charge in [0.25, 0.3) is 0 Å². The van der Waals surface area contributed by atoms with Gasteiger partial charge in [0.2, 0.25) is 11.5 Å². The van der Waals surface area contributed by atoms with E-state index in [0.717, 1.165) is 16.1 Å². The molecule has 4 rings (SSSR count). The first-order valence-corrected chi connectivity index (χ1v) is 12.1. The number of carbonyl (C=O) groups is 1. The zero-order valence-corrected chi connectivity index (χ0v) is 20.0. The van der Waals surface area contributed by atoms with Gasteiger partial charge in [0.15, 0.2) is 0 Å². The molecule has 0 saturated heterocycles. The first kappa shape index (κ1) is 23.6. The van der Waals surface area contributed by atoms with Crippen molar-refractivity contribution >= 4 is 17.3 Å². The van der Waals surface area contributed by atoms with Crippen molar-refractivity contribution in [2.45, 2.75) is 38.7 Å². The second kappa shape index (κ2) is 10.6. The Balaban J connectivity index is 1.49. The number of para-hydroxylation sites is 1. The molecular weight excluding hydrogens is 450 g/mol. The predicted octanol–water partition coefficient (Wildman–Crippen LogP) is 5.97. The topological polar surface area (TPSA) is 81.8 Å². The van der Waals surface area contributed by atoms with Gasteiger partial charge in [-0.25, -0.2) is 9.78 Å².